The first-order valence-corrected chi connectivity index (χ1v) is 12.6. The lowest BCUT2D eigenvalue weighted by Gasteiger charge is -2.34. The minimum atomic E-state index is 0.286. The van der Waals surface area contributed by atoms with Gasteiger partial charge in [-0.05, 0) is 53.8 Å². The molecule has 5 rings (SSSR count). The van der Waals surface area contributed by atoms with Crippen molar-refractivity contribution in [2.45, 2.75) is 25.4 Å². The largest absolute Gasteiger partial charge is 0.508 e. The molecule has 1 saturated heterocycles. The predicted molar refractivity (Wildman–Crippen MR) is 145 cm³/mol. The fourth-order valence-corrected chi connectivity index (χ4v) is 4.75. The van der Waals surface area contributed by atoms with Crippen molar-refractivity contribution < 1.29 is 5.11 Å². The average Bonchev–Trinajstić information content (AvgIpc) is 2.91. The predicted octanol–water partition coefficient (Wildman–Crippen LogP) is 4.52. The smallest absolute Gasteiger partial charge is 0.223 e. The van der Waals surface area contributed by atoms with Gasteiger partial charge in [0.05, 0.1) is 5.69 Å². The van der Waals surface area contributed by atoms with Crippen molar-refractivity contribution in [3.8, 4) is 17.0 Å². The van der Waals surface area contributed by atoms with Crippen LogP contribution in [0.3, 0.4) is 0 Å². The number of phenolic OH excluding ortho intramolecular Hbond substituents is 1. The number of rotatable bonds is 9. The van der Waals surface area contributed by atoms with E-state index in [9.17, 15) is 5.11 Å². The first kappa shape index (κ1) is 24.0. The molecule has 1 aliphatic rings. The fraction of sp³-hybridized carbons (Fsp3) is 0.267. The lowest BCUT2D eigenvalue weighted by Crippen LogP contribution is -2.51. The quantitative estimate of drug-likeness (QED) is 0.328. The number of phenols is 1. The van der Waals surface area contributed by atoms with Crippen LogP contribution in [0.5, 0.6) is 5.75 Å². The second-order valence-corrected chi connectivity index (χ2v) is 9.38. The zero-order chi connectivity index (χ0) is 24.6. The van der Waals surface area contributed by atoms with Crippen LogP contribution in [0.25, 0.3) is 11.3 Å². The third-order valence-electron chi connectivity index (χ3n) is 6.58. The first-order valence-electron chi connectivity index (χ1n) is 12.6. The van der Waals surface area contributed by atoms with Gasteiger partial charge < -0.3 is 15.7 Å². The van der Waals surface area contributed by atoms with Crippen molar-refractivity contribution >= 4 is 5.95 Å². The Morgan fingerprint density at radius 2 is 1.75 bits per heavy atom. The van der Waals surface area contributed by atoms with Gasteiger partial charge in [-0.25, -0.2) is 9.97 Å². The van der Waals surface area contributed by atoms with E-state index < -0.39 is 0 Å². The molecule has 1 aromatic heterocycles. The van der Waals surface area contributed by atoms with Crippen molar-refractivity contribution in [1.29, 1.82) is 0 Å². The van der Waals surface area contributed by atoms with Crippen LogP contribution in [0.15, 0.2) is 91.1 Å². The van der Waals surface area contributed by atoms with Crippen LogP contribution < -0.4 is 10.6 Å². The molecule has 184 valence electrons. The van der Waals surface area contributed by atoms with Gasteiger partial charge in [0.1, 0.15) is 5.75 Å². The highest BCUT2D eigenvalue weighted by Crippen LogP contribution is 2.21. The van der Waals surface area contributed by atoms with Gasteiger partial charge >= 0.3 is 0 Å². The van der Waals surface area contributed by atoms with Crippen LogP contribution >= 0.6 is 0 Å². The summed E-state index contributed by atoms with van der Waals surface area (Å²) in [4.78, 5) is 11.7. The van der Waals surface area contributed by atoms with Crippen molar-refractivity contribution in [3.63, 3.8) is 0 Å². The van der Waals surface area contributed by atoms with Crippen LogP contribution in [0.2, 0.25) is 0 Å². The first-order chi connectivity index (χ1) is 17.7. The maximum Gasteiger partial charge on any atom is 0.223 e. The number of aromatic hydroxyl groups is 1. The highest BCUT2D eigenvalue weighted by molar-refractivity contribution is 5.61. The molecule has 0 saturated carbocycles. The average molecular weight is 480 g/mol. The Balaban J connectivity index is 1.18. The van der Waals surface area contributed by atoms with Crippen molar-refractivity contribution in [3.05, 3.63) is 108 Å². The van der Waals surface area contributed by atoms with E-state index in [0.29, 0.717) is 12.0 Å². The number of hydrogen-bond donors (Lipinski definition) is 3. The summed E-state index contributed by atoms with van der Waals surface area (Å²) in [5.41, 5.74) is 5.86. The molecule has 2 heterocycles. The molecule has 0 amide bonds. The number of nitrogens with one attached hydrogen (secondary N) is 2. The highest BCUT2D eigenvalue weighted by Gasteiger charge is 2.19. The maximum atomic E-state index is 9.44. The molecule has 0 spiro atoms. The minimum absolute atomic E-state index is 0.286. The summed E-state index contributed by atoms with van der Waals surface area (Å²) >= 11 is 0. The number of anilines is 1. The zero-order valence-corrected chi connectivity index (χ0v) is 20.5. The van der Waals surface area contributed by atoms with Crippen molar-refractivity contribution in [2.75, 3.05) is 31.5 Å². The lowest BCUT2D eigenvalue weighted by molar-refractivity contribution is 0.192. The van der Waals surface area contributed by atoms with E-state index >= 15 is 0 Å². The molecule has 6 nitrogen and oxygen atoms in total. The molecular weight excluding hydrogens is 446 g/mol. The number of piperazine rings is 1. The molecule has 0 bridgehead atoms. The third kappa shape index (κ3) is 6.68. The lowest BCUT2D eigenvalue weighted by atomic mass is 10.0. The summed E-state index contributed by atoms with van der Waals surface area (Å²) in [7, 11) is 0. The van der Waals surface area contributed by atoms with Crippen molar-refractivity contribution in [1.82, 2.24) is 20.2 Å². The molecule has 1 atom stereocenters. The molecule has 0 radical (unpaired) electrons. The Kier molecular flexibility index (Phi) is 7.86. The molecule has 3 aromatic carbocycles. The Hall–Kier alpha value is -3.74. The number of nitrogens with zero attached hydrogens (tertiary/aromatic N) is 3. The molecule has 1 fully saturated rings. The normalized spacial score (nSPS) is 16.1. The van der Waals surface area contributed by atoms with Gasteiger partial charge in [0, 0.05) is 50.5 Å². The van der Waals surface area contributed by atoms with Gasteiger partial charge in [-0.2, -0.15) is 0 Å². The number of benzene rings is 3. The van der Waals surface area contributed by atoms with E-state index in [1.807, 2.05) is 24.4 Å². The Morgan fingerprint density at radius 1 is 0.917 bits per heavy atom. The summed E-state index contributed by atoms with van der Waals surface area (Å²) in [6.45, 7) is 4.77. The van der Waals surface area contributed by atoms with Crippen molar-refractivity contribution in [2.24, 2.45) is 0 Å². The van der Waals surface area contributed by atoms with Crippen LogP contribution in [-0.2, 0) is 19.4 Å². The van der Waals surface area contributed by atoms with Gasteiger partial charge in [-0.1, -0.05) is 60.7 Å². The number of hydrogen-bond acceptors (Lipinski definition) is 6. The Labute approximate surface area is 213 Å². The summed E-state index contributed by atoms with van der Waals surface area (Å²) < 4.78 is 0. The Morgan fingerprint density at radius 3 is 2.61 bits per heavy atom. The van der Waals surface area contributed by atoms with Gasteiger partial charge in [-0.15, -0.1) is 0 Å². The molecule has 4 aromatic rings. The molecule has 36 heavy (non-hydrogen) atoms. The second kappa shape index (κ2) is 11.8. The SMILES string of the molecule is Oc1ccc(CCNc2nccc(-c3cccc(CN4CCN[C@H](Cc5ccccc5)C4)c3)n2)cc1. The number of aromatic nitrogens is 2. The van der Waals surface area contributed by atoms with Gasteiger partial charge in [0.15, 0.2) is 0 Å². The molecule has 0 aliphatic carbocycles. The molecule has 6 heteroatoms. The van der Waals surface area contributed by atoms with Crippen LogP contribution in [0, 0.1) is 0 Å². The van der Waals surface area contributed by atoms with Crippen LogP contribution in [-0.4, -0.2) is 52.2 Å². The summed E-state index contributed by atoms with van der Waals surface area (Å²) in [6, 6.07) is 29.1. The molecule has 0 unspecified atom stereocenters. The van der Waals surface area contributed by atoms with E-state index in [1.54, 1.807) is 12.1 Å². The van der Waals surface area contributed by atoms with Gasteiger partial charge in [-0.3, -0.25) is 4.90 Å². The standard InChI is InChI=1S/C30H33N5O/c36-28-11-9-23(10-12-28)13-15-32-30-33-16-14-29(34-30)26-8-4-7-25(19-26)21-35-18-17-31-27(22-35)20-24-5-2-1-3-6-24/h1-12,14,16,19,27,31,36H,13,15,17-18,20-22H2,(H,32,33,34)/t27-/m1/s1. The van der Waals surface area contributed by atoms with Crippen LogP contribution in [0.4, 0.5) is 5.95 Å². The summed E-state index contributed by atoms with van der Waals surface area (Å²) in [6.07, 6.45) is 3.70. The highest BCUT2D eigenvalue weighted by atomic mass is 16.3. The molecule has 3 N–H and O–H groups in total. The van der Waals surface area contributed by atoms with E-state index in [2.05, 4.69) is 75.1 Å². The third-order valence-corrected chi connectivity index (χ3v) is 6.58. The molecular formula is C30H33N5O. The Bertz CT molecular complexity index is 1250. The van der Waals surface area contributed by atoms with Gasteiger partial charge in [0.2, 0.25) is 5.95 Å². The summed E-state index contributed by atoms with van der Waals surface area (Å²) in [5, 5.41) is 16.4. The monoisotopic (exact) mass is 479 g/mol. The topological polar surface area (TPSA) is 73.3 Å². The summed E-state index contributed by atoms with van der Waals surface area (Å²) in [5.74, 6) is 0.913. The van der Waals surface area contributed by atoms with E-state index in [-0.39, 0.29) is 5.75 Å². The van der Waals surface area contributed by atoms with Gasteiger partial charge in [0.25, 0.3) is 0 Å². The zero-order valence-electron chi connectivity index (χ0n) is 20.5. The molecule has 1 aliphatic heterocycles. The van der Waals surface area contributed by atoms with E-state index in [4.69, 9.17) is 4.98 Å². The fourth-order valence-electron chi connectivity index (χ4n) is 4.75. The van der Waals surface area contributed by atoms with E-state index in [1.165, 1.54) is 11.1 Å². The van der Waals surface area contributed by atoms with E-state index in [0.717, 1.165) is 62.4 Å². The van der Waals surface area contributed by atoms with Crippen LogP contribution in [0.1, 0.15) is 16.7 Å². The minimum Gasteiger partial charge on any atom is -0.508 e. The second-order valence-electron chi connectivity index (χ2n) is 9.38. The maximum absolute atomic E-state index is 9.44.